The van der Waals surface area contributed by atoms with Crippen LogP contribution in [0.5, 0.6) is 0 Å². The second kappa shape index (κ2) is 2.60. The lowest BCUT2D eigenvalue weighted by atomic mass is 10.2. The Hall–Kier alpha value is -0.350. The molecule has 1 N–H and O–H groups in total. The van der Waals surface area contributed by atoms with Gasteiger partial charge in [0.15, 0.2) is 0 Å². The molecular weight excluding hydrogens is 206 g/mol. The monoisotopic (exact) mass is 215 g/mol. The quantitative estimate of drug-likeness (QED) is 0.761. The van der Waals surface area contributed by atoms with Crippen LogP contribution >= 0.6 is 15.9 Å². The van der Waals surface area contributed by atoms with Crippen LogP contribution in [0.1, 0.15) is 11.7 Å². The van der Waals surface area contributed by atoms with E-state index < -0.39 is 0 Å². The molecule has 1 aliphatic rings. The predicted octanol–water partition coefficient (Wildman–Crippen LogP) is 1.10. The van der Waals surface area contributed by atoms with E-state index in [4.69, 9.17) is 0 Å². The van der Waals surface area contributed by atoms with Crippen molar-refractivity contribution >= 4 is 15.9 Å². The molecule has 11 heavy (non-hydrogen) atoms. The van der Waals surface area contributed by atoms with Gasteiger partial charge >= 0.3 is 0 Å². The molecule has 1 aliphatic heterocycles. The van der Waals surface area contributed by atoms with Gasteiger partial charge in [0.1, 0.15) is 0 Å². The number of rotatable bonds is 1. The van der Waals surface area contributed by atoms with E-state index in [1.165, 1.54) is 5.69 Å². The first-order chi connectivity index (χ1) is 5.29. The molecular formula is C7H10BrN3. The molecule has 0 radical (unpaired) electrons. The summed E-state index contributed by atoms with van der Waals surface area (Å²) in [7, 11) is 0. The molecule has 0 saturated carbocycles. The van der Waals surface area contributed by atoms with Crippen molar-refractivity contribution in [3.05, 3.63) is 16.4 Å². The molecule has 0 aliphatic carbocycles. The lowest BCUT2D eigenvalue weighted by molar-refractivity contribution is 0.313. The van der Waals surface area contributed by atoms with E-state index in [-0.39, 0.29) is 0 Å². The van der Waals surface area contributed by atoms with Crippen LogP contribution < -0.4 is 5.32 Å². The third-order valence-corrected chi connectivity index (χ3v) is 2.87. The van der Waals surface area contributed by atoms with Crippen molar-refractivity contribution in [2.24, 2.45) is 0 Å². The van der Waals surface area contributed by atoms with Gasteiger partial charge in [-0.1, -0.05) is 0 Å². The highest BCUT2D eigenvalue weighted by molar-refractivity contribution is 9.10. The maximum atomic E-state index is 4.27. The molecule has 1 aromatic heterocycles. The van der Waals surface area contributed by atoms with Gasteiger partial charge in [-0.25, -0.2) is 0 Å². The van der Waals surface area contributed by atoms with Gasteiger partial charge in [-0.2, -0.15) is 5.10 Å². The number of halogens is 1. The fourth-order valence-corrected chi connectivity index (χ4v) is 1.49. The van der Waals surface area contributed by atoms with Crippen molar-refractivity contribution in [3.63, 3.8) is 0 Å². The average molecular weight is 216 g/mol. The van der Waals surface area contributed by atoms with Crippen LogP contribution in [0.15, 0.2) is 10.7 Å². The van der Waals surface area contributed by atoms with Crippen LogP contribution in [-0.2, 0) is 0 Å². The van der Waals surface area contributed by atoms with Crippen LogP contribution in [0.2, 0.25) is 0 Å². The summed E-state index contributed by atoms with van der Waals surface area (Å²) in [5.41, 5.74) is 1.22. The van der Waals surface area contributed by atoms with Crippen molar-refractivity contribution in [1.82, 2.24) is 15.1 Å². The number of nitrogens with zero attached hydrogens (tertiary/aromatic N) is 2. The van der Waals surface area contributed by atoms with Gasteiger partial charge in [0.05, 0.1) is 16.7 Å². The van der Waals surface area contributed by atoms with Gasteiger partial charge in [-0.05, 0) is 22.9 Å². The van der Waals surface area contributed by atoms with Gasteiger partial charge in [-0.15, -0.1) is 0 Å². The second-order valence-electron chi connectivity index (χ2n) is 2.83. The Kier molecular flexibility index (Phi) is 1.73. The Morgan fingerprint density at radius 2 is 2.45 bits per heavy atom. The molecule has 0 aromatic carbocycles. The number of hydrogen-bond acceptors (Lipinski definition) is 2. The number of hydrogen-bond donors (Lipinski definition) is 1. The van der Waals surface area contributed by atoms with E-state index >= 15 is 0 Å². The Labute approximate surface area is 73.9 Å². The van der Waals surface area contributed by atoms with Gasteiger partial charge in [-0.3, -0.25) is 4.68 Å². The standard InChI is InChI=1S/C7H10BrN3/c1-5-7(8)4-10-11(5)6-2-9-3-6/h4,6,9H,2-3H2,1H3. The molecule has 0 bridgehead atoms. The van der Waals surface area contributed by atoms with E-state index in [0.717, 1.165) is 17.6 Å². The van der Waals surface area contributed by atoms with Crippen LogP contribution in [0, 0.1) is 6.92 Å². The molecule has 3 nitrogen and oxygen atoms in total. The molecule has 1 aromatic rings. The zero-order valence-electron chi connectivity index (χ0n) is 6.34. The van der Waals surface area contributed by atoms with Crippen LogP contribution in [-0.4, -0.2) is 22.9 Å². The molecule has 2 heterocycles. The first-order valence-corrected chi connectivity index (χ1v) is 4.48. The van der Waals surface area contributed by atoms with Crippen molar-refractivity contribution in [3.8, 4) is 0 Å². The highest BCUT2D eigenvalue weighted by Crippen LogP contribution is 2.20. The Morgan fingerprint density at radius 3 is 2.82 bits per heavy atom. The predicted molar refractivity (Wildman–Crippen MR) is 46.6 cm³/mol. The molecule has 0 unspecified atom stereocenters. The summed E-state index contributed by atoms with van der Waals surface area (Å²) >= 11 is 3.43. The first kappa shape index (κ1) is 7.31. The van der Waals surface area contributed by atoms with E-state index in [1.54, 1.807) is 0 Å². The molecule has 2 rings (SSSR count). The smallest absolute Gasteiger partial charge is 0.0771 e. The maximum absolute atomic E-state index is 4.27. The molecule has 1 fully saturated rings. The largest absolute Gasteiger partial charge is 0.312 e. The van der Waals surface area contributed by atoms with Crippen LogP contribution in [0.3, 0.4) is 0 Å². The van der Waals surface area contributed by atoms with Crippen LogP contribution in [0.4, 0.5) is 0 Å². The summed E-state index contributed by atoms with van der Waals surface area (Å²) in [6, 6.07) is 0.571. The minimum Gasteiger partial charge on any atom is -0.312 e. The summed E-state index contributed by atoms with van der Waals surface area (Å²) in [4.78, 5) is 0. The summed E-state index contributed by atoms with van der Waals surface area (Å²) in [5.74, 6) is 0. The molecule has 0 spiro atoms. The molecule has 60 valence electrons. The lowest BCUT2D eigenvalue weighted by Gasteiger charge is -2.28. The highest BCUT2D eigenvalue weighted by Gasteiger charge is 2.21. The van der Waals surface area contributed by atoms with E-state index in [1.807, 2.05) is 6.20 Å². The Bertz CT molecular complexity index is 265. The average Bonchev–Trinajstić information content (AvgIpc) is 2.15. The zero-order valence-corrected chi connectivity index (χ0v) is 7.93. The highest BCUT2D eigenvalue weighted by atomic mass is 79.9. The summed E-state index contributed by atoms with van der Waals surface area (Å²) in [5, 5.41) is 7.49. The fourth-order valence-electron chi connectivity index (χ4n) is 1.22. The summed E-state index contributed by atoms with van der Waals surface area (Å²) in [6.07, 6.45) is 1.85. The minimum absolute atomic E-state index is 0.571. The normalized spacial score (nSPS) is 18.4. The molecule has 4 heteroatoms. The summed E-state index contributed by atoms with van der Waals surface area (Å²) in [6.45, 7) is 4.18. The maximum Gasteiger partial charge on any atom is 0.0771 e. The third kappa shape index (κ3) is 1.10. The second-order valence-corrected chi connectivity index (χ2v) is 3.69. The number of nitrogens with one attached hydrogen (secondary N) is 1. The van der Waals surface area contributed by atoms with Gasteiger partial charge < -0.3 is 5.32 Å². The van der Waals surface area contributed by atoms with Crippen molar-refractivity contribution in [2.75, 3.05) is 13.1 Å². The summed E-state index contributed by atoms with van der Waals surface area (Å²) < 4.78 is 3.17. The zero-order chi connectivity index (χ0) is 7.84. The van der Waals surface area contributed by atoms with Crippen molar-refractivity contribution < 1.29 is 0 Å². The van der Waals surface area contributed by atoms with E-state index in [2.05, 4.69) is 38.0 Å². The van der Waals surface area contributed by atoms with Gasteiger partial charge in [0.25, 0.3) is 0 Å². The van der Waals surface area contributed by atoms with Gasteiger partial charge in [0, 0.05) is 18.8 Å². The topological polar surface area (TPSA) is 29.9 Å². The Balaban J connectivity index is 2.29. The van der Waals surface area contributed by atoms with Crippen LogP contribution in [0.25, 0.3) is 0 Å². The molecule has 0 atom stereocenters. The molecule has 1 saturated heterocycles. The van der Waals surface area contributed by atoms with Crippen molar-refractivity contribution in [2.45, 2.75) is 13.0 Å². The minimum atomic E-state index is 0.571. The SMILES string of the molecule is Cc1c(Br)cnn1C1CNC1. The Morgan fingerprint density at radius 1 is 1.73 bits per heavy atom. The van der Waals surface area contributed by atoms with E-state index in [9.17, 15) is 0 Å². The fraction of sp³-hybridized carbons (Fsp3) is 0.571. The first-order valence-electron chi connectivity index (χ1n) is 3.69. The lowest BCUT2D eigenvalue weighted by Crippen LogP contribution is -2.44. The number of aromatic nitrogens is 2. The van der Waals surface area contributed by atoms with Gasteiger partial charge in [0.2, 0.25) is 0 Å². The molecule has 0 amide bonds. The van der Waals surface area contributed by atoms with E-state index in [0.29, 0.717) is 6.04 Å². The van der Waals surface area contributed by atoms with Crippen molar-refractivity contribution in [1.29, 1.82) is 0 Å². The third-order valence-electron chi connectivity index (χ3n) is 2.09.